The number of anilines is 1. The molecular formula is C16H19BrN2. The van der Waals surface area contributed by atoms with Gasteiger partial charge < -0.3 is 11.1 Å². The molecule has 2 aromatic carbocycles. The standard InChI is InChI=1S/C16H19BrN2/c1-11-3-5-13(6-4-11)16(10-18)19-15-8-12(2)7-14(17)9-15/h3-9,16,19H,10,18H2,1-2H3. The molecule has 3 heteroatoms. The summed E-state index contributed by atoms with van der Waals surface area (Å²) >= 11 is 3.52. The highest BCUT2D eigenvalue weighted by atomic mass is 79.9. The van der Waals surface area contributed by atoms with Crippen LogP contribution in [-0.2, 0) is 0 Å². The number of halogens is 1. The molecule has 2 nitrogen and oxygen atoms in total. The molecule has 0 radical (unpaired) electrons. The van der Waals surface area contributed by atoms with Gasteiger partial charge in [-0.3, -0.25) is 0 Å². The fourth-order valence-electron chi connectivity index (χ4n) is 2.10. The molecule has 0 aliphatic carbocycles. The molecule has 2 aromatic rings. The molecule has 1 unspecified atom stereocenters. The van der Waals surface area contributed by atoms with E-state index in [0.717, 1.165) is 10.2 Å². The molecule has 100 valence electrons. The number of hydrogen-bond acceptors (Lipinski definition) is 2. The van der Waals surface area contributed by atoms with Crippen molar-refractivity contribution in [3.05, 3.63) is 63.6 Å². The SMILES string of the molecule is Cc1ccc(C(CN)Nc2cc(C)cc(Br)c2)cc1. The topological polar surface area (TPSA) is 38.0 Å². The Morgan fingerprint density at radius 1 is 1.05 bits per heavy atom. The summed E-state index contributed by atoms with van der Waals surface area (Å²) in [7, 11) is 0. The molecule has 0 spiro atoms. The Labute approximate surface area is 123 Å². The molecular weight excluding hydrogens is 300 g/mol. The molecule has 0 fully saturated rings. The summed E-state index contributed by atoms with van der Waals surface area (Å²) in [6, 6.07) is 14.9. The smallest absolute Gasteiger partial charge is 0.0636 e. The molecule has 0 amide bonds. The van der Waals surface area contributed by atoms with E-state index in [2.05, 4.69) is 77.6 Å². The number of benzene rings is 2. The van der Waals surface area contributed by atoms with Crippen molar-refractivity contribution >= 4 is 21.6 Å². The highest BCUT2D eigenvalue weighted by Crippen LogP contribution is 2.23. The van der Waals surface area contributed by atoms with Gasteiger partial charge in [0, 0.05) is 16.7 Å². The molecule has 3 N–H and O–H groups in total. The first-order valence-electron chi connectivity index (χ1n) is 6.39. The molecule has 1 atom stereocenters. The molecule has 0 aliphatic heterocycles. The van der Waals surface area contributed by atoms with E-state index in [1.54, 1.807) is 0 Å². The monoisotopic (exact) mass is 318 g/mol. The lowest BCUT2D eigenvalue weighted by Crippen LogP contribution is -2.20. The van der Waals surface area contributed by atoms with Gasteiger partial charge in [-0.1, -0.05) is 45.8 Å². The zero-order valence-electron chi connectivity index (χ0n) is 11.3. The van der Waals surface area contributed by atoms with Crippen LogP contribution >= 0.6 is 15.9 Å². The Morgan fingerprint density at radius 2 is 1.74 bits per heavy atom. The summed E-state index contributed by atoms with van der Waals surface area (Å²) in [4.78, 5) is 0. The van der Waals surface area contributed by atoms with Crippen LogP contribution in [0.3, 0.4) is 0 Å². The van der Waals surface area contributed by atoms with Crippen molar-refractivity contribution in [3.63, 3.8) is 0 Å². The van der Waals surface area contributed by atoms with Crippen LogP contribution in [0.15, 0.2) is 46.9 Å². The molecule has 0 saturated carbocycles. The van der Waals surface area contributed by atoms with Gasteiger partial charge >= 0.3 is 0 Å². The number of aryl methyl sites for hydroxylation is 2. The lowest BCUT2D eigenvalue weighted by atomic mass is 10.0. The minimum Gasteiger partial charge on any atom is -0.377 e. The summed E-state index contributed by atoms with van der Waals surface area (Å²) in [5.74, 6) is 0. The van der Waals surface area contributed by atoms with Crippen LogP contribution < -0.4 is 11.1 Å². The fourth-order valence-corrected chi connectivity index (χ4v) is 2.71. The molecule has 0 saturated heterocycles. The number of hydrogen-bond donors (Lipinski definition) is 2. The van der Waals surface area contributed by atoms with E-state index in [0.29, 0.717) is 6.54 Å². The van der Waals surface area contributed by atoms with Crippen LogP contribution in [-0.4, -0.2) is 6.54 Å². The van der Waals surface area contributed by atoms with E-state index in [1.807, 2.05) is 0 Å². The Hall–Kier alpha value is -1.32. The maximum Gasteiger partial charge on any atom is 0.0636 e. The summed E-state index contributed by atoms with van der Waals surface area (Å²) in [6.45, 7) is 4.74. The van der Waals surface area contributed by atoms with E-state index >= 15 is 0 Å². The van der Waals surface area contributed by atoms with Crippen molar-refractivity contribution in [2.75, 3.05) is 11.9 Å². The second kappa shape index (κ2) is 6.22. The molecule has 0 aromatic heterocycles. The molecule has 0 heterocycles. The zero-order chi connectivity index (χ0) is 13.8. The van der Waals surface area contributed by atoms with Gasteiger partial charge in [-0.15, -0.1) is 0 Å². The van der Waals surface area contributed by atoms with Crippen molar-refractivity contribution in [1.82, 2.24) is 0 Å². The third kappa shape index (κ3) is 3.82. The van der Waals surface area contributed by atoms with Crippen molar-refractivity contribution < 1.29 is 0 Å². The van der Waals surface area contributed by atoms with E-state index in [1.165, 1.54) is 16.7 Å². The summed E-state index contributed by atoms with van der Waals surface area (Å²) < 4.78 is 1.08. The number of nitrogens with one attached hydrogen (secondary N) is 1. The minimum atomic E-state index is 0.134. The maximum atomic E-state index is 5.89. The van der Waals surface area contributed by atoms with E-state index in [4.69, 9.17) is 5.73 Å². The Bertz CT molecular complexity index is 529. The van der Waals surface area contributed by atoms with Crippen molar-refractivity contribution in [2.45, 2.75) is 19.9 Å². The van der Waals surface area contributed by atoms with Crippen molar-refractivity contribution in [3.8, 4) is 0 Å². The van der Waals surface area contributed by atoms with Gasteiger partial charge in [0.2, 0.25) is 0 Å². The Kier molecular flexibility index (Phi) is 4.61. The zero-order valence-corrected chi connectivity index (χ0v) is 12.9. The van der Waals surface area contributed by atoms with Gasteiger partial charge in [0.05, 0.1) is 6.04 Å². The van der Waals surface area contributed by atoms with Crippen LogP contribution in [0.1, 0.15) is 22.7 Å². The maximum absolute atomic E-state index is 5.89. The van der Waals surface area contributed by atoms with Crippen LogP contribution in [0.25, 0.3) is 0 Å². The minimum absolute atomic E-state index is 0.134. The van der Waals surface area contributed by atoms with E-state index < -0.39 is 0 Å². The molecule has 0 aliphatic rings. The van der Waals surface area contributed by atoms with Gasteiger partial charge in [-0.05, 0) is 43.2 Å². The van der Waals surface area contributed by atoms with Crippen LogP contribution in [0.4, 0.5) is 5.69 Å². The molecule has 2 rings (SSSR count). The lowest BCUT2D eigenvalue weighted by molar-refractivity contribution is 0.789. The van der Waals surface area contributed by atoms with Crippen LogP contribution in [0.2, 0.25) is 0 Å². The van der Waals surface area contributed by atoms with Crippen molar-refractivity contribution in [1.29, 1.82) is 0 Å². The first-order chi connectivity index (χ1) is 9.08. The highest BCUT2D eigenvalue weighted by Gasteiger charge is 2.09. The van der Waals surface area contributed by atoms with Gasteiger partial charge in [0.1, 0.15) is 0 Å². The quantitative estimate of drug-likeness (QED) is 0.887. The Morgan fingerprint density at radius 3 is 2.32 bits per heavy atom. The average molecular weight is 319 g/mol. The van der Waals surface area contributed by atoms with E-state index in [-0.39, 0.29) is 6.04 Å². The van der Waals surface area contributed by atoms with Gasteiger partial charge in [0.15, 0.2) is 0 Å². The third-order valence-electron chi connectivity index (χ3n) is 3.10. The average Bonchev–Trinajstić information content (AvgIpc) is 2.36. The van der Waals surface area contributed by atoms with E-state index in [9.17, 15) is 0 Å². The van der Waals surface area contributed by atoms with Gasteiger partial charge in [-0.25, -0.2) is 0 Å². The van der Waals surface area contributed by atoms with Crippen LogP contribution in [0.5, 0.6) is 0 Å². The second-order valence-corrected chi connectivity index (χ2v) is 5.78. The molecule has 19 heavy (non-hydrogen) atoms. The number of nitrogens with two attached hydrogens (primary N) is 1. The second-order valence-electron chi connectivity index (χ2n) is 4.86. The summed E-state index contributed by atoms with van der Waals surface area (Å²) in [5.41, 5.74) is 10.7. The predicted molar refractivity (Wildman–Crippen MR) is 85.5 cm³/mol. The largest absolute Gasteiger partial charge is 0.377 e. The fraction of sp³-hybridized carbons (Fsp3) is 0.250. The summed E-state index contributed by atoms with van der Waals surface area (Å²) in [6.07, 6.45) is 0. The highest BCUT2D eigenvalue weighted by molar-refractivity contribution is 9.10. The summed E-state index contributed by atoms with van der Waals surface area (Å²) in [5, 5.41) is 3.49. The molecule has 0 bridgehead atoms. The van der Waals surface area contributed by atoms with Gasteiger partial charge in [-0.2, -0.15) is 0 Å². The van der Waals surface area contributed by atoms with Gasteiger partial charge in [0.25, 0.3) is 0 Å². The lowest BCUT2D eigenvalue weighted by Gasteiger charge is -2.19. The first kappa shape index (κ1) is 14.1. The van der Waals surface area contributed by atoms with Crippen molar-refractivity contribution in [2.24, 2.45) is 5.73 Å². The predicted octanol–water partition coefficient (Wildman–Crippen LogP) is 4.18. The third-order valence-corrected chi connectivity index (χ3v) is 3.56. The normalized spacial score (nSPS) is 12.2. The number of rotatable bonds is 4. The van der Waals surface area contributed by atoms with Crippen LogP contribution in [0, 0.1) is 13.8 Å². The Balaban J connectivity index is 2.21. The first-order valence-corrected chi connectivity index (χ1v) is 7.18.